The highest BCUT2D eigenvalue weighted by atomic mass is 19.1. The summed E-state index contributed by atoms with van der Waals surface area (Å²) < 4.78 is 27.7. The molecule has 1 aromatic heterocycles. The zero-order valence-corrected chi connectivity index (χ0v) is 13.5. The molecule has 2 aliphatic rings. The lowest BCUT2D eigenvalue weighted by atomic mass is 9.88. The van der Waals surface area contributed by atoms with E-state index in [-0.39, 0.29) is 12.1 Å². The molecule has 4 rings (SSSR count). The zero-order valence-electron chi connectivity index (χ0n) is 13.5. The minimum atomic E-state index is -0.431. The third kappa shape index (κ3) is 2.62. The van der Waals surface area contributed by atoms with Crippen molar-refractivity contribution in [1.82, 2.24) is 20.0 Å². The van der Waals surface area contributed by atoms with Crippen LogP contribution in [0.2, 0.25) is 0 Å². The minimum absolute atomic E-state index is 0.248. The Morgan fingerprint density at radius 2 is 2.12 bits per heavy atom. The summed E-state index contributed by atoms with van der Waals surface area (Å²) in [6, 6.07) is 3.32. The molecule has 2 aromatic rings. The summed E-state index contributed by atoms with van der Waals surface area (Å²) in [5.74, 6) is -0.830. The predicted molar refractivity (Wildman–Crippen MR) is 85.9 cm³/mol. The number of H-pyrrole nitrogens is 1. The van der Waals surface area contributed by atoms with Crippen LogP contribution in [0.25, 0.3) is 0 Å². The van der Waals surface area contributed by atoms with Crippen LogP contribution in [0.3, 0.4) is 0 Å². The lowest BCUT2D eigenvalue weighted by Gasteiger charge is -2.44. The molecule has 3 N–H and O–H groups in total. The quantitative estimate of drug-likeness (QED) is 0.879. The molecule has 0 bridgehead atoms. The van der Waals surface area contributed by atoms with Crippen LogP contribution in [0.15, 0.2) is 24.4 Å². The maximum Gasteiger partial charge on any atom is 0.128 e. The van der Waals surface area contributed by atoms with E-state index in [0.717, 1.165) is 37.8 Å². The first-order chi connectivity index (χ1) is 11.5. The number of nitrogens with zero attached hydrogens (tertiary/aromatic N) is 3. The Labute approximate surface area is 139 Å². The number of halogens is 2. The van der Waals surface area contributed by atoms with Gasteiger partial charge in [0.2, 0.25) is 0 Å². The highest BCUT2D eigenvalue weighted by molar-refractivity contribution is 5.26. The molecule has 1 aromatic carbocycles. The first-order valence-electron chi connectivity index (χ1n) is 8.19. The number of fused-ring (bicyclic) bond motifs is 1. The summed E-state index contributed by atoms with van der Waals surface area (Å²) in [6.07, 6.45) is 2.62. The number of nitrogens with one attached hydrogen (secondary N) is 1. The third-order valence-corrected chi connectivity index (χ3v) is 5.26. The molecule has 2 aliphatic heterocycles. The molecular weight excluding hydrogens is 312 g/mol. The summed E-state index contributed by atoms with van der Waals surface area (Å²) in [5.41, 5.74) is 9.11. The van der Waals surface area contributed by atoms with Gasteiger partial charge in [-0.1, -0.05) is 0 Å². The van der Waals surface area contributed by atoms with Crippen LogP contribution in [0.4, 0.5) is 8.78 Å². The summed E-state index contributed by atoms with van der Waals surface area (Å²) in [5, 5.41) is 7.09. The van der Waals surface area contributed by atoms with Crippen molar-refractivity contribution in [3.8, 4) is 0 Å². The average molecular weight is 333 g/mol. The van der Waals surface area contributed by atoms with Gasteiger partial charge in [-0.3, -0.25) is 14.9 Å². The van der Waals surface area contributed by atoms with Crippen LogP contribution in [-0.4, -0.2) is 45.7 Å². The summed E-state index contributed by atoms with van der Waals surface area (Å²) >= 11 is 0. The van der Waals surface area contributed by atoms with Crippen LogP contribution in [0, 0.1) is 11.6 Å². The molecule has 24 heavy (non-hydrogen) atoms. The summed E-state index contributed by atoms with van der Waals surface area (Å²) in [6.45, 7) is 2.46. The second-order valence-electron chi connectivity index (χ2n) is 6.88. The molecule has 1 unspecified atom stereocenters. The SMILES string of the molecule is CN1CC(N2Cc3cn[nH]c3C2)C[C@H](N)[C@H]1c1cc(F)ccc1F. The standard InChI is InChI=1S/C17H21F2N5/c1-23-8-12(24-7-10-6-21-22-16(10)9-24)5-15(20)17(23)13-4-11(18)2-3-14(13)19/h2-4,6,12,15,17H,5,7-9,20H2,1H3,(H,21,22)/t12?,15-,17+/m0/s1. The van der Waals surface area contributed by atoms with Gasteiger partial charge in [0, 0.05) is 42.8 Å². The van der Waals surface area contributed by atoms with Crippen molar-refractivity contribution >= 4 is 0 Å². The van der Waals surface area contributed by atoms with Crippen LogP contribution >= 0.6 is 0 Å². The van der Waals surface area contributed by atoms with Gasteiger partial charge in [0.25, 0.3) is 0 Å². The van der Waals surface area contributed by atoms with E-state index in [2.05, 4.69) is 15.1 Å². The van der Waals surface area contributed by atoms with Crippen LogP contribution in [-0.2, 0) is 13.1 Å². The van der Waals surface area contributed by atoms with Crippen LogP contribution in [0.1, 0.15) is 29.3 Å². The average Bonchev–Trinajstić information content (AvgIpc) is 3.11. The van der Waals surface area contributed by atoms with Gasteiger partial charge in [0.15, 0.2) is 0 Å². The molecule has 1 fully saturated rings. The molecule has 1 saturated heterocycles. The molecule has 0 saturated carbocycles. The van der Waals surface area contributed by atoms with Crippen molar-refractivity contribution in [2.24, 2.45) is 5.73 Å². The molecular formula is C17H21F2N5. The molecule has 3 atom stereocenters. The van der Waals surface area contributed by atoms with Crippen molar-refractivity contribution in [1.29, 1.82) is 0 Å². The Kier molecular flexibility index (Phi) is 3.86. The minimum Gasteiger partial charge on any atom is -0.326 e. The smallest absolute Gasteiger partial charge is 0.128 e. The molecule has 0 amide bonds. The second-order valence-corrected chi connectivity index (χ2v) is 6.88. The number of benzene rings is 1. The fourth-order valence-corrected chi connectivity index (χ4v) is 4.11. The van der Waals surface area contributed by atoms with Gasteiger partial charge < -0.3 is 5.73 Å². The summed E-state index contributed by atoms with van der Waals surface area (Å²) in [4.78, 5) is 4.42. The maximum atomic E-state index is 14.2. The van der Waals surface area contributed by atoms with Crippen molar-refractivity contribution < 1.29 is 8.78 Å². The van der Waals surface area contributed by atoms with Crippen molar-refractivity contribution in [2.75, 3.05) is 13.6 Å². The largest absolute Gasteiger partial charge is 0.326 e. The lowest BCUT2D eigenvalue weighted by molar-refractivity contribution is 0.0586. The predicted octanol–water partition coefficient (Wildman–Crippen LogP) is 1.78. The van der Waals surface area contributed by atoms with Gasteiger partial charge in [-0.2, -0.15) is 5.10 Å². The number of likely N-dealkylation sites (N-methyl/N-ethyl adjacent to an activating group) is 1. The Morgan fingerprint density at radius 1 is 1.29 bits per heavy atom. The first kappa shape index (κ1) is 15.7. The number of piperidine rings is 1. The Bertz CT molecular complexity index is 714. The van der Waals surface area contributed by atoms with Crippen molar-refractivity contribution in [3.05, 3.63) is 52.9 Å². The number of rotatable bonds is 2. The lowest BCUT2D eigenvalue weighted by Crippen LogP contribution is -2.54. The van der Waals surface area contributed by atoms with E-state index in [4.69, 9.17) is 5.73 Å². The van der Waals surface area contributed by atoms with E-state index in [1.807, 2.05) is 18.1 Å². The van der Waals surface area contributed by atoms with E-state index in [1.54, 1.807) is 0 Å². The number of aromatic nitrogens is 2. The summed E-state index contributed by atoms with van der Waals surface area (Å²) in [7, 11) is 1.93. The Morgan fingerprint density at radius 3 is 2.88 bits per heavy atom. The molecule has 3 heterocycles. The van der Waals surface area contributed by atoms with E-state index in [9.17, 15) is 8.78 Å². The van der Waals surface area contributed by atoms with Gasteiger partial charge in [-0.25, -0.2) is 8.78 Å². The molecule has 7 heteroatoms. The van der Waals surface area contributed by atoms with Crippen LogP contribution in [0.5, 0.6) is 0 Å². The number of nitrogens with two attached hydrogens (primary N) is 1. The van der Waals surface area contributed by atoms with Gasteiger partial charge in [0.1, 0.15) is 11.6 Å². The highest BCUT2D eigenvalue weighted by Gasteiger charge is 2.38. The number of aromatic amines is 1. The van der Waals surface area contributed by atoms with E-state index in [0.29, 0.717) is 11.6 Å². The van der Waals surface area contributed by atoms with Gasteiger partial charge >= 0.3 is 0 Å². The van der Waals surface area contributed by atoms with Gasteiger partial charge in [-0.15, -0.1) is 0 Å². The van der Waals surface area contributed by atoms with Crippen LogP contribution < -0.4 is 5.73 Å². The fourth-order valence-electron chi connectivity index (χ4n) is 4.11. The molecule has 0 radical (unpaired) electrons. The molecule has 0 aliphatic carbocycles. The monoisotopic (exact) mass is 333 g/mol. The maximum absolute atomic E-state index is 14.2. The van der Waals surface area contributed by atoms with E-state index >= 15 is 0 Å². The Balaban J connectivity index is 1.52. The van der Waals surface area contributed by atoms with Gasteiger partial charge in [-0.05, 0) is 31.7 Å². The van der Waals surface area contributed by atoms with E-state index in [1.165, 1.54) is 17.7 Å². The Hall–Kier alpha value is -1.83. The van der Waals surface area contributed by atoms with Crippen molar-refractivity contribution in [2.45, 2.75) is 37.6 Å². The first-order valence-corrected chi connectivity index (χ1v) is 8.19. The molecule has 5 nitrogen and oxygen atoms in total. The third-order valence-electron chi connectivity index (χ3n) is 5.26. The normalized spacial score (nSPS) is 28.2. The number of hydrogen-bond donors (Lipinski definition) is 2. The van der Waals surface area contributed by atoms with Crippen molar-refractivity contribution in [3.63, 3.8) is 0 Å². The highest BCUT2D eigenvalue weighted by Crippen LogP contribution is 2.34. The van der Waals surface area contributed by atoms with E-state index < -0.39 is 11.6 Å². The zero-order chi connectivity index (χ0) is 16.8. The second kappa shape index (κ2) is 5.91. The number of hydrogen-bond acceptors (Lipinski definition) is 4. The molecule has 128 valence electrons. The molecule has 0 spiro atoms. The fraction of sp³-hybridized carbons (Fsp3) is 0.471. The van der Waals surface area contributed by atoms with Gasteiger partial charge in [0.05, 0.1) is 17.9 Å². The topological polar surface area (TPSA) is 61.2 Å². The number of likely N-dealkylation sites (tertiary alicyclic amines) is 1.